The van der Waals surface area contributed by atoms with Gasteiger partial charge in [-0.3, -0.25) is 0 Å². The van der Waals surface area contributed by atoms with Gasteiger partial charge in [-0.05, 0) is 37.6 Å². The van der Waals surface area contributed by atoms with Gasteiger partial charge in [-0.1, -0.05) is 29.3 Å². The van der Waals surface area contributed by atoms with E-state index in [0.717, 1.165) is 5.56 Å². The van der Waals surface area contributed by atoms with Crippen LogP contribution in [-0.4, -0.2) is 25.7 Å². The number of nitrogens with zero attached hydrogens (tertiary/aromatic N) is 2. The van der Waals surface area contributed by atoms with Crippen molar-refractivity contribution < 1.29 is 15.0 Å². The Morgan fingerprint density at radius 1 is 1.13 bits per heavy atom. The zero-order valence-electron chi connectivity index (χ0n) is 13.1. The first-order valence-electron chi connectivity index (χ1n) is 7.38. The number of imidazole rings is 1. The lowest BCUT2D eigenvalue weighted by molar-refractivity contribution is 0.0697. The number of benzene rings is 2. The van der Waals surface area contributed by atoms with Crippen molar-refractivity contribution in [2.75, 3.05) is 0 Å². The van der Waals surface area contributed by atoms with Crippen molar-refractivity contribution in [2.24, 2.45) is 0 Å². The molecule has 0 amide bonds. The molecular formula is C18H18N2O3. The molecule has 5 heteroatoms. The van der Waals surface area contributed by atoms with Crippen molar-refractivity contribution in [3.05, 3.63) is 64.5 Å². The molecule has 0 aliphatic heterocycles. The summed E-state index contributed by atoms with van der Waals surface area (Å²) >= 11 is 0. The number of fused-ring (bicyclic) bond motifs is 1. The molecule has 0 unspecified atom stereocenters. The summed E-state index contributed by atoms with van der Waals surface area (Å²) in [5.41, 5.74) is 5.04. The van der Waals surface area contributed by atoms with Crippen LogP contribution in [0.5, 0.6) is 0 Å². The molecule has 0 spiro atoms. The Bertz CT molecular complexity index is 876. The van der Waals surface area contributed by atoms with Crippen molar-refractivity contribution in [1.29, 1.82) is 0 Å². The molecule has 5 nitrogen and oxygen atoms in total. The van der Waals surface area contributed by atoms with Gasteiger partial charge in [-0.15, -0.1) is 0 Å². The van der Waals surface area contributed by atoms with E-state index in [1.54, 1.807) is 12.1 Å². The number of aryl methyl sites for hydroxylation is 2. The summed E-state index contributed by atoms with van der Waals surface area (Å²) in [4.78, 5) is 15.6. The minimum absolute atomic E-state index is 0.193. The van der Waals surface area contributed by atoms with Gasteiger partial charge in [0.15, 0.2) is 0 Å². The highest BCUT2D eigenvalue weighted by Crippen LogP contribution is 2.21. The van der Waals surface area contributed by atoms with E-state index in [4.69, 9.17) is 0 Å². The van der Waals surface area contributed by atoms with Crippen LogP contribution in [0.25, 0.3) is 11.0 Å². The van der Waals surface area contributed by atoms with Crippen LogP contribution < -0.4 is 0 Å². The molecule has 0 saturated heterocycles. The molecule has 1 aromatic heterocycles. The lowest BCUT2D eigenvalue weighted by atomic mass is 10.1. The maximum Gasteiger partial charge on any atom is 0.335 e. The predicted octanol–water partition coefficient (Wildman–Crippen LogP) is 2.89. The minimum atomic E-state index is -0.975. The van der Waals surface area contributed by atoms with Gasteiger partial charge in [0.05, 0.1) is 16.6 Å². The topological polar surface area (TPSA) is 75.3 Å². The molecule has 23 heavy (non-hydrogen) atoms. The highest BCUT2D eigenvalue weighted by molar-refractivity contribution is 5.92. The monoisotopic (exact) mass is 310 g/mol. The summed E-state index contributed by atoms with van der Waals surface area (Å²) < 4.78 is 1.87. The van der Waals surface area contributed by atoms with E-state index in [1.807, 2.05) is 18.4 Å². The SMILES string of the molecule is Cc1cc(C)cc(Cn2c(CO)nc3ccc(C(=O)O)cc32)c1. The van der Waals surface area contributed by atoms with Crippen LogP contribution in [0.3, 0.4) is 0 Å². The summed E-state index contributed by atoms with van der Waals surface area (Å²) in [6.07, 6.45) is 0. The maximum atomic E-state index is 11.2. The largest absolute Gasteiger partial charge is 0.478 e. The number of rotatable bonds is 4. The van der Waals surface area contributed by atoms with Gasteiger partial charge in [0.2, 0.25) is 0 Å². The quantitative estimate of drug-likeness (QED) is 0.777. The molecule has 0 atom stereocenters. The van der Waals surface area contributed by atoms with E-state index in [0.29, 0.717) is 23.4 Å². The summed E-state index contributed by atoms with van der Waals surface area (Å²) in [5, 5.41) is 18.8. The number of aromatic carboxylic acids is 1. The van der Waals surface area contributed by atoms with E-state index in [1.165, 1.54) is 17.2 Å². The van der Waals surface area contributed by atoms with Crippen LogP contribution in [0.4, 0.5) is 0 Å². The number of carboxylic acids is 1. The lowest BCUT2D eigenvalue weighted by Crippen LogP contribution is -2.06. The third-order valence-corrected chi connectivity index (χ3v) is 3.84. The predicted molar refractivity (Wildman–Crippen MR) is 87.6 cm³/mol. The van der Waals surface area contributed by atoms with Crippen molar-refractivity contribution >= 4 is 17.0 Å². The van der Waals surface area contributed by atoms with Crippen molar-refractivity contribution in [3.8, 4) is 0 Å². The smallest absolute Gasteiger partial charge is 0.335 e. The summed E-state index contributed by atoms with van der Waals surface area (Å²) in [7, 11) is 0. The number of aliphatic hydroxyl groups is 1. The van der Waals surface area contributed by atoms with Gasteiger partial charge < -0.3 is 14.8 Å². The van der Waals surface area contributed by atoms with Gasteiger partial charge in [-0.2, -0.15) is 0 Å². The average molecular weight is 310 g/mol. The number of aliphatic hydroxyl groups excluding tert-OH is 1. The van der Waals surface area contributed by atoms with Gasteiger partial charge in [0.25, 0.3) is 0 Å². The van der Waals surface area contributed by atoms with Gasteiger partial charge >= 0.3 is 5.97 Å². The third kappa shape index (κ3) is 2.96. The molecule has 3 rings (SSSR count). The second-order valence-corrected chi connectivity index (χ2v) is 5.78. The molecule has 0 saturated carbocycles. The summed E-state index contributed by atoms with van der Waals surface area (Å²) in [5.74, 6) is -0.446. The van der Waals surface area contributed by atoms with Gasteiger partial charge in [-0.25, -0.2) is 9.78 Å². The first kappa shape index (κ1) is 15.2. The zero-order chi connectivity index (χ0) is 16.6. The van der Waals surface area contributed by atoms with E-state index >= 15 is 0 Å². The normalized spacial score (nSPS) is 11.1. The standard InChI is InChI=1S/C18H18N2O3/c1-11-5-12(2)7-13(6-11)9-20-16-8-14(18(22)23)3-4-15(16)19-17(20)10-21/h3-8,21H,9-10H2,1-2H3,(H,22,23). The van der Waals surface area contributed by atoms with Crippen LogP contribution in [0.2, 0.25) is 0 Å². The Labute approximate surface area is 133 Å². The highest BCUT2D eigenvalue weighted by atomic mass is 16.4. The first-order chi connectivity index (χ1) is 11.0. The van der Waals surface area contributed by atoms with E-state index in [-0.39, 0.29) is 12.2 Å². The number of hydrogen-bond donors (Lipinski definition) is 2. The molecule has 0 fully saturated rings. The number of aromatic nitrogens is 2. The second kappa shape index (κ2) is 5.85. The van der Waals surface area contributed by atoms with Crippen LogP contribution >= 0.6 is 0 Å². The molecule has 118 valence electrons. The molecular weight excluding hydrogens is 292 g/mol. The van der Waals surface area contributed by atoms with E-state index < -0.39 is 5.97 Å². The van der Waals surface area contributed by atoms with Crippen molar-refractivity contribution in [1.82, 2.24) is 9.55 Å². The van der Waals surface area contributed by atoms with E-state index in [2.05, 4.69) is 23.2 Å². The third-order valence-electron chi connectivity index (χ3n) is 3.84. The fraction of sp³-hybridized carbons (Fsp3) is 0.222. The molecule has 2 N–H and O–H groups in total. The van der Waals surface area contributed by atoms with Crippen LogP contribution in [0.1, 0.15) is 32.9 Å². The molecule has 0 bridgehead atoms. The number of carboxylic acid groups (broad SMARTS) is 1. The Balaban J connectivity index is 2.13. The summed E-state index contributed by atoms with van der Waals surface area (Å²) in [6, 6.07) is 11.1. The second-order valence-electron chi connectivity index (χ2n) is 5.78. The van der Waals surface area contributed by atoms with Crippen LogP contribution in [0.15, 0.2) is 36.4 Å². The fourth-order valence-corrected chi connectivity index (χ4v) is 2.95. The Kier molecular flexibility index (Phi) is 3.88. The fourth-order valence-electron chi connectivity index (χ4n) is 2.95. The van der Waals surface area contributed by atoms with Crippen molar-refractivity contribution in [2.45, 2.75) is 27.0 Å². The molecule has 2 aromatic carbocycles. The zero-order valence-corrected chi connectivity index (χ0v) is 13.1. The summed E-state index contributed by atoms with van der Waals surface area (Å²) in [6.45, 7) is 4.43. The van der Waals surface area contributed by atoms with Crippen molar-refractivity contribution in [3.63, 3.8) is 0 Å². The molecule has 3 aromatic rings. The van der Waals surface area contributed by atoms with E-state index in [9.17, 15) is 15.0 Å². The molecule has 0 radical (unpaired) electrons. The van der Waals surface area contributed by atoms with Gasteiger partial charge in [0.1, 0.15) is 12.4 Å². The Morgan fingerprint density at radius 2 is 1.83 bits per heavy atom. The Morgan fingerprint density at radius 3 is 2.43 bits per heavy atom. The number of carbonyl (C=O) groups is 1. The number of hydrogen-bond acceptors (Lipinski definition) is 3. The van der Waals surface area contributed by atoms with Gasteiger partial charge in [0, 0.05) is 6.54 Å². The average Bonchev–Trinajstić information content (AvgIpc) is 2.83. The van der Waals surface area contributed by atoms with Crippen LogP contribution in [0, 0.1) is 13.8 Å². The maximum absolute atomic E-state index is 11.2. The Hall–Kier alpha value is -2.66. The molecule has 1 heterocycles. The molecule has 0 aliphatic carbocycles. The highest BCUT2D eigenvalue weighted by Gasteiger charge is 2.13. The lowest BCUT2D eigenvalue weighted by Gasteiger charge is -2.10. The van der Waals surface area contributed by atoms with Crippen LogP contribution in [-0.2, 0) is 13.2 Å². The first-order valence-corrected chi connectivity index (χ1v) is 7.38. The minimum Gasteiger partial charge on any atom is -0.478 e. The molecule has 0 aliphatic rings.